The van der Waals surface area contributed by atoms with E-state index in [1.54, 1.807) is 6.92 Å². The van der Waals surface area contributed by atoms with Gasteiger partial charge in [0.15, 0.2) is 0 Å². The van der Waals surface area contributed by atoms with Crippen LogP contribution in [0.15, 0.2) is 12.1 Å². The van der Waals surface area contributed by atoms with Crippen LogP contribution < -0.4 is 5.73 Å². The Bertz CT molecular complexity index is 592. The molecule has 2 aromatic rings. The molecule has 90 valence electrons. The first kappa shape index (κ1) is 11.8. The summed E-state index contributed by atoms with van der Waals surface area (Å²) in [7, 11) is 0. The van der Waals surface area contributed by atoms with Crippen molar-refractivity contribution in [2.75, 3.05) is 5.73 Å². The van der Waals surface area contributed by atoms with Crippen molar-refractivity contribution in [3.05, 3.63) is 35.0 Å². The number of anilines is 1. The third-order valence-electron chi connectivity index (χ3n) is 2.85. The Balaban J connectivity index is 2.92. The van der Waals surface area contributed by atoms with Gasteiger partial charge in [0.2, 0.25) is 0 Å². The number of fused-ring (bicyclic) bond motifs is 1. The van der Waals surface area contributed by atoms with E-state index in [4.69, 9.17) is 5.73 Å². The summed E-state index contributed by atoms with van der Waals surface area (Å²) in [5.74, 6) is -1.15. The minimum absolute atomic E-state index is 0.149. The average Bonchev–Trinajstić information content (AvgIpc) is 2.13. The van der Waals surface area contributed by atoms with Gasteiger partial charge in [-0.05, 0) is 18.4 Å². The van der Waals surface area contributed by atoms with Gasteiger partial charge in [0.1, 0.15) is 11.6 Å². The molecule has 4 heteroatoms. The number of aryl methyl sites for hydroxylation is 1. The van der Waals surface area contributed by atoms with Gasteiger partial charge in [-0.3, -0.25) is 4.98 Å². The van der Waals surface area contributed by atoms with E-state index in [1.165, 1.54) is 6.07 Å². The van der Waals surface area contributed by atoms with Crippen LogP contribution in [-0.2, 0) is 0 Å². The molecule has 0 radical (unpaired) electrons. The molecule has 0 spiro atoms. The first-order valence-corrected chi connectivity index (χ1v) is 5.46. The van der Waals surface area contributed by atoms with Gasteiger partial charge < -0.3 is 5.73 Å². The third-order valence-corrected chi connectivity index (χ3v) is 2.85. The van der Waals surface area contributed by atoms with Crippen molar-refractivity contribution in [1.29, 1.82) is 0 Å². The molecule has 2 N–H and O–H groups in total. The lowest BCUT2D eigenvalue weighted by atomic mass is 9.97. The van der Waals surface area contributed by atoms with Crippen molar-refractivity contribution in [2.24, 2.45) is 0 Å². The number of hydrogen-bond acceptors (Lipinski definition) is 2. The van der Waals surface area contributed by atoms with Crippen molar-refractivity contribution in [3.8, 4) is 0 Å². The highest BCUT2D eigenvalue weighted by Gasteiger charge is 2.16. The van der Waals surface area contributed by atoms with E-state index in [9.17, 15) is 8.78 Å². The molecular formula is C13H14F2N2. The molecular weight excluding hydrogens is 222 g/mol. The van der Waals surface area contributed by atoms with E-state index >= 15 is 0 Å². The minimum atomic E-state index is -0.660. The Morgan fingerprint density at radius 3 is 2.47 bits per heavy atom. The molecule has 2 rings (SSSR count). The summed E-state index contributed by atoms with van der Waals surface area (Å²) in [5, 5.41) is 0.209. The summed E-state index contributed by atoms with van der Waals surface area (Å²) in [6.45, 7) is 5.73. The fraction of sp³-hybridized carbons (Fsp3) is 0.308. The maximum atomic E-state index is 13.7. The number of hydrogen-bond donors (Lipinski definition) is 1. The molecule has 0 amide bonds. The number of aromatic nitrogens is 1. The summed E-state index contributed by atoms with van der Waals surface area (Å²) in [4.78, 5) is 4.22. The molecule has 0 bridgehead atoms. The topological polar surface area (TPSA) is 38.9 Å². The van der Waals surface area contributed by atoms with E-state index in [1.807, 2.05) is 13.8 Å². The lowest BCUT2D eigenvalue weighted by Gasteiger charge is -2.15. The highest BCUT2D eigenvalue weighted by molar-refractivity contribution is 5.93. The second-order valence-electron chi connectivity index (χ2n) is 4.46. The van der Waals surface area contributed by atoms with Crippen LogP contribution in [0.1, 0.15) is 31.0 Å². The predicted molar refractivity (Wildman–Crippen MR) is 64.9 cm³/mol. The maximum Gasteiger partial charge on any atom is 0.137 e. The smallest absolute Gasteiger partial charge is 0.137 e. The summed E-state index contributed by atoms with van der Waals surface area (Å²) in [6, 6.07) is 2.03. The number of pyridine rings is 1. The number of rotatable bonds is 1. The Morgan fingerprint density at radius 2 is 1.88 bits per heavy atom. The summed E-state index contributed by atoms with van der Waals surface area (Å²) in [5.41, 5.74) is 8.14. The summed E-state index contributed by atoms with van der Waals surface area (Å²) < 4.78 is 26.8. The largest absolute Gasteiger partial charge is 0.398 e. The summed E-state index contributed by atoms with van der Waals surface area (Å²) >= 11 is 0. The van der Waals surface area contributed by atoms with Crippen LogP contribution in [0.25, 0.3) is 10.9 Å². The van der Waals surface area contributed by atoms with Crippen molar-refractivity contribution in [2.45, 2.75) is 26.7 Å². The van der Waals surface area contributed by atoms with Crippen LogP contribution in [0.5, 0.6) is 0 Å². The van der Waals surface area contributed by atoms with Crippen molar-refractivity contribution < 1.29 is 8.78 Å². The van der Waals surface area contributed by atoms with Gasteiger partial charge in [-0.2, -0.15) is 0 Å². The quantitative estimate of drug-likeness (QED) is 0.822. The number of halogens is 2. The molecule has 0 saturated heterocycles. The molecule has 1 aromatic heterocycles. The minimum Gasteiger partial charge on any atom is -0.398 e. The van der Waals surface area contributed by atoms with Gasteiger partial charge in [-0.15, -0.1) is 0 Å². The lowest BCUT2D eigenvalue weighted by molar-refractivity contribution is 0.591. The van der Waals surface area contributed by atoms with Gasteiger partial charge in [0.05, 0.1) is 10.9 Å². The first-order chi connectivity index (χ1) is 7.91. The zero-order chi connectivity index (χ0) is 12.7. The van der Waals surface area contributed by atoms with Crippen LogP contribution in [0.3, 0.4) is 0 Å². The molecule has 0 aliphatic rings. The van der Waals surface area contributed by atoms with E-state index in [-0.39, 0.29) is 16.8 Å². The van der Waals surface area contributed by atoms with Crippen molar-refractivity contribution >= 4 is 16.6 Å². The molecule has 1 aromatic carbocycles. The highest BCUT2D eigenvalue weighted by atomic mass is 19.1. The Morgan fingerprint density at radius 1 is 1.24 bits per heavy atom. The predicted octanol–water partition coefficient (Wildman–Crippen LogP) is 3.53. The standard InChI is InChI=1S/C13H14F2N2/c1-6(2)11-7(3)17-10-5-8(14)4-9(15)12(10)13(11)16/h4-6H,1-3H3,(H2,16,17). The number of nitrogens with zero attached hydrogens (tertiary/aromatic N) is 1. The van der Waals surface area contributed by atoms with Crippen molar-refractivity contribution in [3.63, 3.8) is 0 Å². The molecule has 0 unspecified atom stereocenters. The van der Waals surface area contributed by atoms with Gasteiger partial charge in [-0.25, -0.2) is 8.78 Å². The molecule has 0 atom stereocenters. The second-order valence-corrected chi connectivity index (χ2v) is 4.46. The molecule has 0 saturated carbocycles. The van der Waals surface area contributed by atoms with Gasteiger partial charge in [-0.1, -0.05) is 13.8 Å². The molecule has 1 heterocycles. The van der Waals surface area contributed by atoms with Crippen LogP contribution in [0.4, 0.5) is 14.5 Å². The Kier molecular flexibility index (Phi) is 2.73. The molecule has 2 nitrogen and oxygen atoms in total. The molecule has 0 fully saturated rings. The number of nitrogen functional groups attached to an aromatic ring is 1. The maximum absolute atomic E-state index is 13.7. The van der Waals surface area contributed by atoms with E-state index < -0.39 is 11.6 Å². The van der Waals surface area contributed by atoms with Gasteiger partial charge in [0.25, 0.3) is 0 Å². The Hall–Kier alpha value is -1.71. The van der Waals surface area contributed by atoms with Crippen molar-refractivity contribution in [1.82, 2.24) is 4.98 Å². The van der Waals surface area contributed by atoms with Gasteiger partial charge in [0, 0.05) is 23.5 Å². The fourth-order valence-electron chi connectivity index (χ4n) is 2.21. The monoisotopic (exact) mass is 236 g/mol. The molecule has 17 heavy (non-hydrogen) atoms. The van der Waals surface area contributed by atoms with Crippen LogP contribution in [-0.4, -0.2) is 4.98 Å². The van der Waals surface area contributed by atoms with Gasteiger partial charge >= 0.3 is 0 Å². The van der Waals surface area contributed by atoms with E-state index in [0.717, 1.165) is 17.3 Å². The number of benzene rings is 1. The average molecular weight is 236 g/mol. The zero-order valence-electron chi connectivity index (χ0n) is 10.0. The number of nitrogens with two attached hydrogens (primary N) is 1. The SMILES string of the molecule is Cc1nc2cc(F)cc(F)c2c(N)c1C(C)C. The normalized spacial score (nSPS) is 11.4. The highest BCUT2D eigenvalue weighted by Crippen LogP contribution is 2.32. The molecule has 0 aliphatic heterocycles. The lowest BCUT2D eigenvalue weighted by Crippen LogP contribution is -2.04. The van der Waals surface area contributed by atoms with E-state index in [2.05, 4.69) is 4.98 Å². The fourth-order valence-corrected chi connectivity index (χ4v) is 2.21. The third kappa shape index (κ3) is 1.84. The zero-order valence-corrected chi connectivity index (χ0v) is 10.0. The second kappa shape index (κ2) is 3.95. The first-order valence-electron chi connectivity index (χ1n) is 5.46. The molecule has 0 aliphatic carbocycles. The Labute approximate surface area is 98.5 Å². The van der Waals surface area contributed by atoms with Crippen LogP contribution in [0, 0.1) is 18.6 Å². The summed E-state index contributed by atoms with van der Waals surface area (Å²) in [6.07, 6.45) is 0. The van der Waals surface area contributed by atoms with E-state index in [0.29, 0.717) is 5.69 Å². The van der Waals surface area contributed by atoms with Crippen LogP contribution >= 0.6 is 0 Å². The van der Waals surface area contributed by atoms with Crippen LogP contribution in [0.2, 0.25) is 0 Å².